The van der Waals surface area contributed by atoms with Gasteiger partial charge in [0.05, 0.1) is 0 Å². The lowest BCUT2D eigenvalue weighted by Gasteiger charge is -2.16. The molecule has 0 heterocycles. The second kappa shape index (κ2) is 10.1. The Morgan fingerprint density at radius 2 is 2.08 bits per heavy atom. The highest BCUT2D eigenvalue weighted by atomic mass is 16.4. The van der Waals surface area contributed by atoms with Crippen molar-refractivity contribution in [2.45, 2.75) is 39.7 Å². The number of aryl methyl sites for hydroxylation is 1. The van der Waals surface area contributed by atoms with Crippen molar-refractivity contribution >= 4 is 11.9 Å². The maximum absolute atomic E-state index is 12.1. The molecule has 0 aliphatic rings. The topological polar surface area (TPSA) is 102 Å². The molecular formula is C19H25N3O3. The second-order valence-corrected chi connectivity index (χ2v) is 6.36. The zero-order valence-corrected chi connectivity index (χ0v) is 14.9. The van der Waals surface area contributed by atoms with Gasteiger partial charge in [0.1, 0.15) is 17.7 Å². The maximum atomic E-state index is 12.1. The van der Waals surface area contributed by atoms with Gasteiger partial charge in [0.2, 0.25) is 0 Å². The van der Waals surface area contributed by atoms with Gasteiger partial charge in [-0.1, -0.05) is 43.7 Å². The predicted octanol–water partition coefficient (Wildman–Crippen LogP) is 2.15. The van der Waals surface area contributed by atoms with Crippen LogP contribution in [0.25, 0.3) is 0 Å². The van der Waals surface area contributed by atoms with Gasteiger partial charge in [0.25, 0.3) is 5.91 Å². The lowest BCUT2D eigenvalue weighted by molar-refractivity contribution is -0.141. The van der Waals surface area contributed by atoms with Gasteiger partial charge in [-0.3, -0.25) is 4.79 Å². The van der Waals surface area contributed by atoms with Gasteiger partial charge in [-0.25, -0.2) is 4.79 Å². The van der Waals surface area contributed by atoms with Gasteiger partial charge in [-0.15, -0.1) is 0 Å². The van der Waals surface area contributed by atoms with E-state index in [1.165, 1.54) is 11.8 Å². The summed E-state index contributed by atoms with van der Waals surface area (Å²) in [6, 6.07) is 8.89. The number of nitriles is 1. The fourth-order valence-electron chi connectivity index (χ4n) is 2.34. The zero-order chi connectivity index (χ0) is 18.8. The van der Waals surface area contributed by atoms with Crippen molar-refractivity contribution in [3.63, 3.8) is 0 Å². The number of benzene rings is 1. The highest BCUT2D eigenvalue weighted by molar-refractivity contribution is 5.99. The summed E-state index contributed by atoms with van der Waals surface area (Å²) in [6.07, 6.45) is 2.39. The predicted molar refractivity (Wildman–Crippen MR) is 95.6 cm³/mol. The standard InChI is InChI=1S/C19H25N3O3/c1-13(2)9-17(19(24)25)22-18(23)16(11-20)12-21-8-7-15-6-4-5-14(3)10-15/h4-6,10,12-13,17,21H,7-9H2,1-3H3,(H,22,23)(H,24,25)/b16-12-. The first-order valence-corrected chi connectivity index (χ1v) is 8.26. The third-order valence-electron chi connectivity index (χ3n) is 3.56. The Bertz CT molecular complexity index is 675. The Balaban J connectivity index is 2.58. The fourth-order valence-corrected chi connectivity index (χ4v) is 2.34. The minimum atomic E-state index is -1.10. The van der Waals surface area contributed by atoms with Crippen molar-refractivity contribution in [1.29, 1.82) is 5.26 Å². The number of carbonyl (C=O) groups excluding carboxylic acids is 1. The van der Waals surface area contributed by atoms with E-state index in [1.807, 2.05) is 39.0 Å². The first kappa shape index (κ1) is 20.2. The zero-order valence-electron chi connectivity index (χ0n) is 14.9. The fraction of sp³-hybridized carbons (Fsp3) is 0.421. The monoisotopic (exact) mass is 343 g/mol. The number of hydrogen-bond acceptors (Lipinski definition) is 4. The largest absolute Gasteiger partial charge is 0.480 e. The molecule has 0 bridgehead atoms. The van der Waals surface area contributed by atoms with E-state index in [0.717, 1.165) is 12.0 Å². The van der Waals surface area contributed by atoms with Gasteiger partial charge in [0.15, 0.2) is 0 Å². The van der Waals surface area contributed by atoms with Crippen LogP contribution in [0.1, 0.15) is 31.4 Å². The summed E-state index contributed by atoms with van der Waals surface area (Å²) >= 11 is 0. The molecule has 0 aliphatic heterocycles. The number of hydrogen-bond donors (Lipinski definition) is 3. The lowest BCUT2D eigenvalue weighted by Crippen LogP contribution is -2.42. The van der Waals surface area contributed by atoms with Gasteiger partial charge >= 0.3 is 5.97 Å². The molecule has 1 rings (SSSR count). The third kappa shape index (κ3) is 7.53. The highest BCUT2D eigenvalue weighted by Crippen LogP contribution is 2.06. The van der Waals surface area contributed by atoms with Gasteiger partial charge in [-0.05, 0) is 31.2 Å². The Labute approximate surface area is 148 Å². The lowest BCUT2D eigenvalue weighted by atomic mass is 10.0. The molecule has 3 N–H and O–H groups in total. The van der Waals surface area contributed by atoms with E-state index in [1.54, 1.807) is 6.07 Å². The number of aliphatic carboxylic acids is 1. The first-order valence-electron chi connectivity index (χ1n) is 8.26. The van der Waals surface area contributed by atoms with Crippen molar-refractivity contribution in [3.8, 4) is 6.07 Å². The van der Waals surface area contributed by atoms with Crippen LogP contribution < -0.4 is 10.6 Å². The molecule has 6 heteroatoms. The van der Waals surface area contributed by atoms with Crippen LogP contribution in [0.2, 0.25) is 0 Å². The minimum absolute atomic E-state index is 0.114. The maximum Gasteiger partial charge on any atom is 0.326 e. The summed E-state index contributed by atoms with van der Waals surface area (Å²) in [5.74, 6) is -1.67. The molecule has 0 fully saturated rings. The summed E-state index contributed by atoms with van der Waals surface area (Å²) in [5, 5.41) is 23.6. The summed E-state index contributed by atoms with van der Waals surface area (Å²) in [7, 11) is 0. The molecular weight excluding hydrogens is 318 g/mol. The number of nitrogens with zero attached hydrogens (tertiary/aromatic N) is 1. The summed E-state index contributed by atoms with van der Waals surface area (Å²) in [6.45, 7) is 6.33. The Hall–Kier alpha value is -2.81. The second-order valence-electron chi connectivity index (χ2n) is 6.36. The van der Waals surface area contributed by atoms with Gasteiger partial charge < -0.3 is 15.7 Å². The molecule has 0 saturated heterocycles. The number of carbonyl (C=O) groups is 2. The molecule has 0 radical (unpaired) electrons. The Morgan fingerprint density at radius 3 is 2.64 bits per heavy atom. The van der Waals surface area contributed by atoms with Crippen molar-refractivity contribution in [3.05, 3.63) is 47.2 Å². The number of carboxylic acids is 1. The molecule has 0 aromatic heterocycles. The van der Waals surface area contributed by atoms with Gasteiger partial charge in [0, 0.05) is 12.7 Å². The number of nitrogens with one attached hydrogen (secondary N) is 2. The number of carboxylic acid groups (broad SMARTS) is 1. The van der Waals surface area contributed by atoms with Crippen LogP contribution in [-0.4, -0.2) is 29.6 Å². The average Bonchev–Trinajstić information content (AvgIpc) is 2.53. The molecule has 0 aliphatic carbocycles. The molecule has 1 aromatic carbocycles. The van der Waals surface area contributed by atoms with E-state index in [2.05, 4.69) is 16.7 Å². The first-order chi connectivity index (χ1) is 11.8. The molecule has 134 valence electrons. The third-order valence-corrected chi connectivity index (χ3v) is 3.56. The van der Waals surface area contributed by atoms with Crippen LogP contribution in [0, 0.1) is 24.2 Å². The summed E-state index contributed by atoms with van der Waals surface area (Å²) < 4.78 is 0. The van der Waals surface area contributed by atoms with Crippen LogP contribution in [0.5, 0.6) is 0 Å². The molecule has 1 aromatic rings. The van der Waals surface area contributed by atoms with Crippen LogP contribution >= 0.6 is 0 Å². The quantitative estimate of drug-likeness (QED) is 0.362. The molecule has 6 nitrogen and oxygen atoms in total. The van der Waals surface area contributed by atoms with Crippen LogP contribution in [0.4, 0.5) is 0 Å². The molecule has 1 atom stereocenters. The summed E-state index contributed by atoms with van der Waals surface area (Å²) in [4.78, 5) is 23.3. The molecule has 0 saturated carbocycles. The average molecular weight is 343 g/mol. The Morgan fingerprint density at radius 1 is 1.36 bits per heavy atom. The van der Waals surface area contributed by atoms with Crippen LogP contribution in [-0.2, 0) is 16.0 Å². The number of amides is 1. The summed E-state index contributed by atoms with van der Waals surface area (Å²) in [5.41, 5.74) is 2.20. The smallest absolute Gasteiger partial charge is 0.326 e. The van der Waals surface area contributed by atoms with E-state index >= 15 is 0 Å². The van der Waals surface area contributed by atoms with E-state index in [0.29, 0.717) is 13.0 Å². The minimum Gasteiger partial charge on any atom is -0.480 e. The van der Waals surface area contributed by atoms with Crippen molar-refractivity contribution in [1.82, 2.24) is 10.6 Å². The number of rotatable bonds is 9. The van der Waals surface area contributed by atoms with E-state index in [-0.39, 0.29) is 11.5 Å². The molecule has 1 amide bonds. The highest BCUT2D eigenvalue weighted by Gasteiger charge is 2.22. The molecule has 0 spiro atoms. The van der Waals surface area contributed by atoms with Crippen molar-refractivity contribution in [2.24, 2.45) is 5.92 Å². The van der Waals surface area contributed by atoms with E-state index < -0.39 is 17.9 Å². The SMILES string of the molecule is Cc1cccc(CCN/C=C(/C#N)C(=O)NC(CC(C)C)C(=O)O)c1. The van der Waals surface area contributed by atoms with E-state index in [9.17, 15) is 9.59 Å². The normalized spacial score (nSPS) is 12.4. The van der Waals surface area contributed by atoms with Crippen molar-refractivity contribution in [2.75, 3.05) is 6.54 Å². The Kier molecular flexibility index (Phi) is 8.21. The molecule has 25 heavy (non-hydrogen) atoms. The van der Waals surface area contributed by atoms with Gasteiger partial charge in [-0.2, -0.15) is 5.26 Å². The molecule has 1 unspecified atom stereocenters. The van der Waals surface area contributed by atoms with Crippen LogP contribution in [0.15, 0.2) is 36.0 Å². The van der Waals surface area contributed by atoms with Crippen LogP contribution in [0.3, 0.4) is 0 Å². The van der Waals surface area contributed by atoms with Crippen molar-refractivity contribution < 1.29 is 14.7 Å². The van der Waals surface area contributed by atoms with E-state index in [4.69, 9.17) is 10.4 Å².